The molecule has 0 fully saturated rings. The van der Waals surface area contributed by atoms with E-state index in [-0.39, 0.29) is 24.8 Å². The molecule has 0 heterocycles. The maximum Gasteiger partial charge on any atom is 0.123 e. The van der Waals surface area contributed by atoms with E-state index < -0.39 is 0 Å². The topological polar surface area (TPSA) is 40.5 Å². The van der Waals surface area contributed by atoms with Crippen LogP contribution in [0.2, 0.25) is 0 Å². The number of allylic oxidation sites excluding steroid dienone is 2. The first-order valence-electron chi connectivity index (χ1n) is 8.16. The Morgan fingerprint density at radius 3 is 2.27 bits per heavy atom. The standard InChI is InChI=1S/C19H28O2.CH4/c1-5-6-14-10-17(20)19(18(21)11-14)16-9-13(4)7-8-15(16)12(2)3;/h9-12,15-16,20-21H,5-8H2,1-4H3;1H4/t15-,16+;/m0./s1. The van der Waals surface area contributed by atoms with Gasteiger partial charge in [-0.05, 0) is 55.7 Å². The van der Waals surface area contributed by atoms with Crippen LogP contribution in [0, 0.1) is 11.8 Å². The summed E-state index contributed by atoms with van der Waals surface area (Å²) >= 11 is 0. The van der Waals surface area contributed by atoms with E-state index in [1.807, 2.05) is 12.1 Å². The van der Waals surface area contributed by atoms with Crippen LogP contribution in [0.4, 0.5) is 0 Å². The summed E-state index contributed by atoms with van der Waals surface area (Å²) in [6, 6.07) is 3.65. The molecule has 0 saturated heterocycles. The van der Waals surface area contributed by atoms with Crippen molar-refractivity contribution < 1.29 is 10.2 Å². The largest absolute Gasteiger partial charge is 0.507 e. The quantitative estimate of drug-likeness (QED) is 0.692. The Morgan fingerprint density at radius 2 is 1.77 bits per heavy atom. The fourth-order valence-corrected chi connectivity index (χ4v) is 3.59. The molecule has 0 bridgehead atoms. The zero-order chi connectivity index (χ0) is 15.6. The summed E-state index contributed by atoms with van der Waals surface area (Å²) < 4.78 is 0. The normalized spacial score (nSPS) is 21.4. The average molecular weight is 304 g/mol. The number of rotatable bonds is 4. The lowest BCUT2D eigenvalue weighted by atomic mass is 9.71. The summed E-state index contributed by atoms with van der Waals surface area (Å²) in [7, 11) is 0. The van der Waals surface area contributed by atoms with Gasteiger partial charge < -0.3 is 10.2 Å². The van der Waals surface area contributed by atoms with Crippen LogP contribution in [0.5, 0.6) is 11.5 Å². The first-order valence-corrected chi connectivity index (χ1v) is 8.16. The minimum atomic E-state index is 0. The molecule has 0 aliphatic heterocycles. The van der Waals surface area contributed by atoms with E-state index in [1.54, 1.807) is 0 Å². The second-order valence-electron chi connectivity index (χ2n) is 6.78. The zero-order valence-corrected chi connectivity index (χ0v) is 13.7. The Kier molecular flexibility index (Phi) is 6.52. The van der Waals surface area contributed by atoms with Crippen molar-refractivity contribution in [3.8, 4) is 11.5 Å². The summed E-state index contributed by atoms with van der Waals surface area (Å²) in [5.74, 6) is 1.63. The fraction of sp³-hybridized carbons (Fsp3) is 0.600. The van der Waals surface area contributed by atoms with Crippen molar-refractivity contribution in [2.45, 2.75) is 66.7 Å². The van der Waals surface area contributed by atoms with E-state index >= 15 is 0 Å². The van der Waals surface area contributed by atoms with Crippen molar-refractivity contribution in [2.75, 3.05) is 0 Å². The van der Waals surface area contributed by atoms with Crippen molar-refractivity contribution in [3.05, 3.63) is 34.9 Å². The van der Waals surface area contributed by atoms with Crippen LogP contribution in [-0.2, 0) is 6.42 Å². The van der Waals surface area contributed by atoms with E-state index in [4.69, 9.17) is 0 Å². The predicted octanol–water partition coefficient (Wildman–Crippen LogP) is 5.78. The third-order valence-corrected chi connectivity index (χ3v) is 4.72. The number of phenolic OH excluding ortho intramolecular Hbond substituents is 2. The van der Waals surface area contributed by atoms with Crippen LogP contribution < -0.4 is 0 Å². The number of hydrogen-bond donors (Lipinski definition) is 2. The van der Waals surface area contributed by atoms with Gasteiger partial charge in [-0.15, -0.1) is 0 Å². The summed E-state index contributed by atoms with van der Waals surface area (Å²) in [5, 5.41) is 20.9. The smallest absolute Gasteiger partial charge is 0.123 e. The second kappa shape index (κ2) is 7.71. The van der Waals surface area contributed by atoms with E-state index in [0.29, 0.717) is 17.4 Å². The van der Waals surface area contributed by atoms with Gasteiger partial charge in [0.05, 0.1) is 0 Å². The summed E-state index contributed by atoms with van der Waals surface area (Å²) in [4.78, 5) is 0. The van der Waals surface area contributed by atoms with E-state index in [1.165, 1.54) is 5.57 Å². The molecule has 2 heteroatoms. The van der Waals surface area contributed by atoms with Gasteiger partial charge in [0, 0.05) is 11.5 Å². The van der Waals surface area contributed by atoms with Crippen LogP contribution in [0.25, 0.3) is 0 Å². The summed E-state index contributed by atoms with van der Waals surface area (Å²) in [5.41, 5.74) is 3.08. The van der Waals surface area contributed by atoms with Gasteiger partial charge in [-0.1, -0.05) is 46.3 Å². The molecule has 22 heavy (non-hydrogen) atoms. The number of aryl methyl sites for hydroxylation is 1. The Balaban J connectivity index is 0.00000242. The van der Waals surface area contributed by atoms with Crippen LogP contribution in [-0.4, -0.2) is 10.2 Å². The lowest BCUT2D eigenvalue weighted by molar-refractivity contribution is 0.304. The fourth-order valence-electron chi connectivity index (χ4n) is 3.59. The highest BCUT2D eigenvalue weighted by Crippen LogP contribution is 2.46. The van der Waals surface area contributed by atoms with Gasteiger partial charge in [0.25, 0.3) is 0 Å². The average Bonchev–Trinajstić information content (AvgIpc) is 2.38. The summed E-state index contributed by atoms with van der Waals surface area (Å²) in [6.07, 6.45) is 6.38. The van der Waals surface area contributed by atoms with E-state index in [2.05, 4.69) is 33.8 Å². The molecule has 1 aliphatic carbocycles. The van der Waals surface area contributed by atoms with Gasteiger partial charge in [0.1, 0.15) is 11.5 Å². The van der Waals surface area contributed by atoms with Crippen LogP contribution in [0.3, 0.4) is 0 Å². The molecule has 1 aromatic rings. The molecule has 2 N–H and O–H groups in total. The number of aromatic hydroxyl groups is 2. The highest BCUT2D eigenvalue weighted by atomic mass is 16.3. The molecule has 2 rings (SSSR count). The van der Waals surface area contributed by atoms with Gasteiger partial charge in [-0.25, -0.2) is 0 Å². The number of benzene rings is 1. The Hall–Kier alpha value is -1.44. The molecule has 0 amide bonds. The first kappa shape index (κ1) is 18.6. The molecule has 1 aromatic carbocycles. The highest BCUT2D eigenvalue weighted by molar-refractivity contribution is 5.51. The van der Waals surface area contributed by atoms with Crippen molar-refractivity contribution in [1.82, 2.24) is 0 Å². The molecule has 0 unspecified atom stereocenters. The SMILES string of the molecule is C.CCCc1cc(O)c([C@@H]2C=C(C)CC[C@H]2C(C)C)c(O)c1. The first-order chi connectivity index (χ1) is 9.93. The minimum absolute atomic E-state index is 0. The molecule has 124 valence electrons. The van der Waals surface area contributed by atoms with Gasteiger partial charge >= 0.3 is 0 Å². The Labute approximate surface area is 135 Å². The van der Waals surface area contributed by atoms with Crippen LogP contribution in [0.1, 0.15) is 71.4 Å². The van der Waals surface area contributed by atoms with E-state index in [0.717, 1.165) is 31.2 Å². The molecular formula is C20H32O2. The third-order valence-electron chi connectivity index (χ3n) is 4.72. The minimum Gasteiger partial charge on any atom is -0.507 e. The maximum absolute atomic E-state index is 10.4. The maximum atomic E-state index is 10.4. The van der Waals surface area contributed by atoms with E-state index in [9.17, 15) is 10.2 Å². The molecule has 0 spiro atoms. The highest BCUT2D eigenvalue weighted by Gasteiger charge is 2.31. The van der Waals surface area contributed by atoms with Gasteiger partial charge in [-0.2, -0.15) is 0 Å². The van der Waals surface area contributed by atoms with Gasteiger partial charge in [0.2, 0.25) is 0 Å². The molecule has 1 aliphatic rings. The van der Waals surface area contributed by atoms with Crippen LogP contribution >= 0.6 is 0 Å². The second-order valence-corrected chi connectivity index (χ2v) is 6.78. The van der Waals surface area contributed by atoms with Crippen LogP contribution in [0.15, 0.2) is 23.8 Å². The van der Waals surface area contributed by atoms with Crippen molar-refractivity contribution >= 4 is 0 Å². The molecule has 0 saturated carbocycles. The third kappa shape index (κ3) is 3.85. The lowest BCUT2D eigenvalue weighted by Crippen LogP contribution is -2.21. The monoisotopic (exact) mass is 304 g/mol. The number of hydrogen-bond acceptors (Lipinski definition) is 2. The Morgan fingerprint density at radius 1 is 1.18 bits per heavy atom. The van der Waals surface area contributed by atoms with Crippen molar-refractivity contribution in [1.29, 1.82) is 0 Å². The zero-order valence-electron chi connectivity index (χ0n) is 13.7. The number of phenols is 2. The molecule has 0 aromatic heterocycles. The van der Waals surface area contributed by atoms with Gasteiger partial charge in [-0.3, -0.25) is 0 Å². The molecular weight excluding hydrogens is 272 g/mol. The molecule has 2 nitrogen and oxygen atoms in total. The van der Waals surface area contributed by atoms with Gasteiger partial charge in [0.15, 0.2) is 0 Å². The molecule has 2 atom stereocenters. The Bertz CT molecular complexity index is 506. The van der Waals surface area contributed by atoms with Crippen molar-refractivity contribution in [2.24, 2.45) is 11.8 Å². The van der Waals surface area contributed by atoms with Crippen molar-refractivity contribution in [3.63, 3.8) is 0 Å². The lowest BCUT2D eigenvalue weighted by Gasteiger charge is -2.33. The summed E-state index contributed by atoms with van der Waals surface area (Å²) in [6.45, 7) is 8.70. The predicted molar refractivity (Wildman–Crippen MR) is 94.6 cm³/mol. The molecule has 0 radical (unpaired) electrons.